The van der Waals surface area contributed by atoms with Gasteiger partial charge in [0.05, 0.1) is 16.1 Å². The van der Waals surface area contributed by atoms with Gasteiger partial charge < -0.3 is 30.8 Å². The van der Waals surface area contributed by atoms with Gasteiger partial charge in [0.15, 0.2) is 5.82 Å². The maximum absolute atomic E-state index is 12.9. The van der Waals surface area contributed by atoms with Gasteiger partial charge in [-0.2, -0.15) is 13.2 Å². The average molecular weight is 610 g/mol. The minimum Gasteiger partial charge on any atom is -0.456 e. The van der Waals surface area contributed by atoms with Crippen molar-refractivity contribution < 1.29 is 27.4 Å². The fourth-order valence-electron chi connectivity index (χ4n) is 3.25. The average Bonchev–Trinajstić information content (AvgIpc) is 3.25. The third kappa shape index (κ3) is 9.44. The van der Waals surface area contributed by atoms with Crippen LogP contribution in [0.15, 0.2) is 61.1 Å². The zero-order chi connectivity index (χ0) is 27.0. The molecule has 0 aliphatic heterocycles. The summed E-state index contributed by atoms with van der Waals surface area (Å²) in [4.78, 5) is 18.3. The monoisotopic (exact) mass is 608 g/mol. The second-order valence-electron chi connectivity index (χ2n) is 7.55. The minimum atomic E-state index is -4.46. The van der Waals surface area contributed by atoms with Crippen molar-refractivity contribution in [3.8, 4) is 11.5 Å². The Morgan fingerprint density at radius 3 is 2.46 bits per heavy atom. The highest BCUT2D eigenvalue weighted by Crippen LogP contribution is 2.36. The molecule has 0 atom stereocenters. The normalized spacial score (nSPS) is 10.5. The van der Waals surface area contributed by atoms with E-state index in [1.807, 2.05) is 16.8 Å². The molecule has 2 aromatic carbocycles. The molecule has 0 fully saturated rings. The molecule has 2 heterocycles. The first-order valence-electron chi connectivity index (χ1n) is 10.8. The van der Waals surface area contributed by atoms with E-state index in [0.29, 0.717) is 24.6 Å². The number of fused-ring (bicyclic) bond motifs is 1. The number of methoxy groups -OCH3 is 1. The SMILES string of the molecule is COCC(N)=O.Cl.Cl.NCCn1ccc2ncnc(Nc3ccc(Oc4cccc(C(F)(F)F)c4)c(Cl)c3)c21. The summed E-state index contributed by atoms with van der Waals surface area (Å²) in [5, 5.41) is 3.42. The van der Waals surface area contributed by atoms with E-state index in [2.05, 4.69) is 25.8 Å². The van der Waals surface area contributed by atoms with Crippen LogP contribution in [-0.4, -0.2) is 40.7 Å². The Morgan fingerprint density at radius 1 is 1.13 bits per heavy atom. The van der Waals surface area contributed by atoms with Crippen molar-refractivity contribution in [2.75, 3.05) is 25.6 Å². The molecule has 5 N–H and O–H groups in total. The Kier molecular flexibility index (Phi) is 13.3. The lowest BCUT2D eigenvalue weighted by Crippen LogP contribution is -2.16. The van der Waals surface area contributed by atoms with Gasteiger partial charge in [0.2, 0.25) is 5.91 Å². The predicted molar refractivity (Wildman–Crippen MR) is 148 cm³/mol. The van der Waals surface area contributed by atoms with E-state index < -0.39 is 17.6 Å². The molecule has 2 aromatic heterocycles. The first kappa shape index (κ1) is 33.7. The molecule has 4 aromatic rings. The van der Waals surface area contributed by atoms with Gasteiger partial charge >= 0.3 is 6.18 Å². The molecule has 0 bridgehead atoms. The van der Waals surface area contributed by atoms with E-state index in [1.165, 1.54) is 25.6 Å². The topological polar surface area (TPSA) is 130 Å². The van der Waals surface area contributed by atoms with Crippen molar-refractivity contribution in [1.82, 2.24) is 14.5 Å². The molecular formula is C24H26Cl3F3N6O3. The van der Waals surface area contributed by atoms with Crippen LogP contribution in [0.5, 0.6) is 11.5 Å². The molecule has 0 unspecified atom stereocenters. The van der Waals surface area contributed by atoms with Crippen LogP contribution in [0.4, 0.5) is 24.7 Å². The summed E-state index contributed by atoms with van der Waals surface area (Å²) >= 11 is 6.31. The minimum absolute atomic E-state index is 0. The molecule has 15 heteroatoms. The van der Waals surface area contributed by atoms with Crippen molar-refractivity contribution >= 4 is 64.9 Å². The summed E-state index contributed by atoms with van der Waals surface area (Å²) in [5.74, 6) is 0.406. The van der Waals surface area contributed by atoms with E-state index in [1.54, 1.807) is 18.2 Å². The highest BCUT2D eigenvalue weighted by Gasteiger charge is 2.30. The number of nitrogens with zero attached hydrogens (tertiary/aromatic N) is 3. The van der Waals surface area contributed by atoms with E-state index in [4.69, 9.17) is 22.1 Å². The number of carbonyl (C=O) groups excluding carboxylic acids is 1. The molecule has 39 heavy (non-hydrogen) atoms. The van der Waals surface area contributed by atoms with Crippen LogP contribution in [0, 0.1) is 0 Å². The third-order valence-electron chi connectivity index (χ3n) is 4.79. The largest absolute Gasteiger partial charge is 0.456 e. The number of carbonyl (C=O) groups is 1. The van der Waals surface area contributed by atoms with Crippen LogP contribution >= 0.6 is 36.4 Å². The number of nitrogens with one attached hydrogen (secondary N) is 1. The summed E-state index contributed by atoms with van der Waals surface area (Å²) in [6.45, 7) is 1.08. The van der Waals surface area contributed by atoms with Crippen LogP contribution in [0.25, 0.3) is 11.0 Å². The number of benzene rings is 2. The first-order chi connectivity index (χ1) is 17.6. The number of ether oxygens (including phenoxy) is 2. The molecular weight excluding hydrogens is 584 g/mol. The van der Waals surface area contributed by atoms with Gasteiger partial charge in [-0.25, -0.2) is 9.97 Å². The van der Waals surface area contributed by atoms with Gasteiger partial charge in [-0.15, -0.1) is 24.8 Å². The number of anilines is 2. The number of nitrogens with two attached hydrogens (primary N) is 2. The summed E-state index contributed by atoms with van der Waals surface area (Å²) in [6, 6.07) is 11.3. The zero-order valence-electron chi connectivity index (χ0n) is 20.4. The molecule has 4 rings (SSSR count). The molecule has 0 saturated carbocycles. The Balaban J connectivity index is 0.000000858. The summed E-state index contributed by atoms with van der Waals surface area (Å²) in [7, 11) is 1.42. The Bertz CT molecular complexity index is 1370. The van der Waals surface area contributed by atoms with Gasteiger partial charge in [-0.1, -0.05) is 17.7 Å². The quantitative estimate of drug-likeness (QED) is 0.238. The smallest absolute Gasteiger partial charge is 0.416 e. The molecule has 0 aliphatic carbocycles. The third-order valence-corrected chi connectivity index (χ3v) is 5.09. The van der Waals surface area contributed by atoms with E-state index in [9.17, 15) is 18.0 Å². The number of halogens is 6. The second-order valence-corrected chi connectivity index (χ2v) is 7.96. The molecule has 0 aliphatic rings. The van der Waals surface area contributed by atoms with E-state index in [0.717, 1.165) is 23.2 Å². The van der Waals surface area contributed by atoms with Crippen LogP contribution < -0.4 is 21.5 Å². The Hall–Kier alpha value is -3.29. The second kappa shape index (κ2) is 15.3. The highest BCUT2D eigenvalue weighted by atomic mass is 35.5. The lowest BCUT2D eigenvalue weighted by atomic mass is 10.2. The fourth-order valence-corrected chi connectivity index (χ4v) is 3.47. The van der Waals surface area contributed by atoms with Crippen molar-refractivity contribution in [3.63, 3.8) is 0 Å². The highest BCUT2D eigenvalue weighted by molar-refractivity contribution is 6.32. The molecule has 0 saturated heterocycles. The van der Waals surface area contributed by atoms with E-state index in [-0.39, 0.29) is 47.9 Å². The number of rotatable bonds is 8. The molecule has 0 radical (unpaired) electrons. The molecule has 9 nitrogen and oxygen atoms in total. The number of aromatic nitrogens is 3. The maximum atomic E-state index is 12.9. The van der Waals surface area contributed by atoms with Crippen molar-refractivity contribution in [3.05, 3.63) is 71.6 Å². The van der Waals surface area contributed by atoms with Gasteiger partial charge in [0.1, 0.15) is 29.9 Å². The molecule has 0 spiro atoms. The number of alkyl halides is 3. The van der Waals surface area contributed by atoms with Gasteiger partial charge in [0, 0.05) is 32.1 Å². The van der Waals surface area contributed by atoms with Crippen molar-refractivity contribution in [2.24, 2.45) is 11.5 Å². The predicted octanol–water partition coefficient (Wildman–Crippen LogP) is 5.56. The Labute approximate surface area is 239 Å². The van der Waals surface area contributed by atoms with Crippen LogP contribution in [-0.2, 0) is 22.3 Å². The van der Waals surface area contributed by atoms with Crippen LogP contribution in [0.2, 0.25) is 5.02 Å². The maximum Gasteiger partial charge on any atom is 0.416 e. The summed E-state index contributed by atoms with van der Waals surface area (Å²) in [6.07, 6.45) is -1.12. The summed E-state index contributed by atoms with van der Waals surface area (Å²) < 4.78 is 50.5. The van der Waals surface area contributed by atoms with Gasteiger partial charge in [-0.3, -0.25) is 4.79 Å². The first-order valence-corrected chi connectivity index (χ1v) is 11.2. The van der Waals surface area contributed by atoms with E-state index >= 15 is 0 Å². The number of amides is 1. The fraction of sp³-hybridized carbons (Fsp3) is 0.208. The molecule has 212 valence electrons. The van der Waals surface area contributed by atoms with Crippen LogP contribution in [0.1, 0.15) is 5.56 Å². The molecule has 1 amide bonds. The Morgan fingerprint density at radius 2 is 1.87 bits per heavy atom. The van der Waals surface area contributed by atoms with Crippen molar-refractivity contribution in [1.29, 1.82) is 0 Å². The van der Waals surface area contributed by atoms with Gasteiger partial charge in [-0.05, 0) is 42.5 Å². The lowest BCUT2D eigenvalue weighted by molar-refractivity contribution is -0.137. The van der Waals surface area contributed by atoms with Gasteiger partial charge in [0.25, 0.3) is 0 Å². The van der Waals surface area contributed by atoms with Crippen LogP contribution in [0.3, 0.4) is 0 Å². The van der Waals surface area contributed by atoms with Crippen molar-refractivity contribution in [2.45, 2.75) is 12.7 Å². The zero-order valence-corrected chi connectivity index (χ0v) is 22.8. The summed E-state index contributed by atoms with van der Waals surface area (Å²) in [5.41, 5.74) is 11.7. The number of primary amides is 1. The number of hydrogen-bond acceptors (Lipinski definition) is 7. The standard InChI is InChI=1S/C21H17ClF3N5O.C3H7NO2.2ClH/c22-16-11-14(29-20-19-17(27-12-28-20)6-8-30(19)9-7-26)4-5-18(16)31-15-3-1-2-13(10-15)21(23,24)25;1-6-2-3(4)5;;/h1-6,8,10-12H,7,9,26H2,(H,27,28,29);2H2,1H3,(H2,4,5);2*1H. The number of hydrogen-bond donors (Lipinski definition) is 3. The lowest BCUT2D eigenvalue weighted by Gasteiger charge is -2.13.